The monoisotopic (exact) mass is 588 g/mol. The van der Waals surface area contributed by atoms with Crippen molar-refractivity contribution in [3.8, 4) is 24.3 Å². The van der Waals surface area contributed by atoms with Gasteiger partial charge in [0.25, 0.3) is 0 Å². The summed E-state index contributed by atoms with van der Waals surface area (Å²) < 4.78 is 0. The lowest BCUT2D eigenvalue weighted by Crippen LogP contribution is -2.35. The number of hydrogen-bond donors (Lipinski definition) is 0. The molecule has 44 heavy (non-hydrogen) atoms. The summed E-state index contributed by atoms with van der Waals surface area (Å²) in [5.41, 5.74) is 1.08. The third-order valence-corrected chi connectivity index (χ3v) is 10.7. The Bertz CT molecular complexity index is 1200. The molecule has 2 aliphatic rings. The molecule has 0 atom stereocenters. The van der Waals surface area contributed by atoms with Crippen molar-refractivity contribution >= 4 is 0 Å². The topological polar surface area (TPSA) is 95.2 Å². The average Bonchev–Trinajstić information content (AvgIpc) is 3.03. The molecule has 0 radical (unpaired) electrons. The first-order chi connectivity index (χ1) is 20.8. The summed E-state index contributed by atoms with van der Waals surface area (Å²) in [7, 11) is 0. The highest BCUT2D eigenvalue weighted by Gasteiger charge is 2.44. The maximum atomic E-state index is 9.74. The van der Waals surface area contributed by atoms with Gasteiger partial charge in [0.1, 0.15) is 0 Å². The van der Waals surface area contributed by atoms with Gasteiger partial charge in [-0.05, 0) is 97.0 Å². The summed E-state index contributed by atoms with van der Waals surface area (Å²) in [6, 6.07) is 29.4. The van der Waals surface area contributed by atoms with E-state index in [1.54, 1.807) is 0 Å². The van der Waals surface area contributed by atoms with Gasteiger partial charge in [0.05, 0.1) is 24.3 Å². The number of rotatable bonds is 6. The number of benzene rings is 2. The summed E-state index contributed by atoms with van der Waals surface area (Å²) in [6.07, 6.45) is 9.61. The molecule has 232 valence electrons. The van der Waals surface area contributed by atoms with Crippen LogP contribution in [0.25, 0.3) is 0 Å². The molecular formula is C40H52N4. The highest BCUT2D eigenvalue weighted by Crippen LogP contribution is 2.47. The maximum Gasteiger partial charge on any atom is 0.150 e. The smallest absolute Gasteiger partial charge is 0.150 e. The van der Waals surface area contributed by atoms with Crippen LogP contribution in [-0.4, -0.2) is 0 Å². The van der Waals surface area contributed by atoms with Crippen LogP contribution in [0.2, 0.25) is 0 Å². The third kappa shape index (κ3) is 8.74. The molecule has 0 aromatic heterocycles. The molecule has 4 rings (SSSR count). The van der Waals surface area contributed by atoms with Crippen LogP contribution in [0.3, 0.4) is 0 Å². The highest BCUT2D eigenvalue weighted by atomic mass is 14.5. The molecule has 2 aromatic carbocycles. The molecule has 0 saturated heterocycles. The second-order valence-corrected chi connectivity index (χ2v) is 15.5. The Kier molecular flexibility index (Phi) is 11.8. The molecule has 0 unspecified atom stereocenters. The zero-order valence-electron chi connectivity index (χ0n) is 27.9. The van der Waals surface area contributed by atoms with E-state index >= 15 is 0 Å². The van der Waals surface area contributed by atoms with Crippen molar-refractivity contribution in [1.29, 1.82) is 21.0 Å². The lowest BCUT2D eigenvalue weighted by atomic mass is 9.62. The average molecular weight is 589 g/mol. The molecule has 0 heterocycles. The van der Waals surface area contributed by atoms with Gasteiger partial charge in [0.2, 0.25) is 0 Å². The fraction of sp³-hybridized carbons (Fsp3) is 0.600. The third-order valence-electron chi connectivity index (χ3n) is 10.7. The Balaban J connectivity index is 0.000000240. The summed E-state index contributed by atoms with van der Waals surface area (Å²) in [5.74, 6) is 1.80. The Labute approximate surface area is 267 Å². The van der Waals surface area contributed by atoms with E-state index in [0.29, 0.717) is 35.5 Å². The Morgan fingerprint density at radius 3 is 0.932 bits per heavy atom. The van der Waals surface area contributed by atoms with Crippen molar-refractivity contribution < 1.29 is 0 Å². The van der Waals surface area contributed by atoms with Crippen LogP contribution >= 0.6 is 0 Å². The molecule has 2 fully saturated rings. The first kappa shape index (κ1) is 34.9. The quantitative estimate of drug-likeness (QED) is 0.335. The minimum absolute atomic E-state index is 0.196. The lowest BCUT2D eigenvalue weighted by molar-refractivity contribution is 0.118. The van der Waals surface area contributed by atoms with Gasteiger partial charge in [0.15, 0.2) is 10.8 Å². The number of nitriles is 4. The van der Waals surface area contributed by atoms with Crippen molar-refractivity contribution in [3.05, 3.63) is 71.8 Å². The maximum absolute atomic E-state index is 9.74. The van der Waals surface area contributed by atoms with Crippen LogP contribution in [0.1, 0.15) is 104 Å². The van der Waals surface area contributed by atoms with E-state index in [1.807, 2.05) is 60.7 Å². The molecule has 0 bridgehead atoms. The second kappa shape index (κ2) is 14.9. The van der Waals surface area contributed by atoms with E-state index in [0.717, 1.165) is 62.5 Å². The van der Waals surface area contributed by atoms with Crippen molar-refractivity contribution in [1.82, 2.24) is 0 Å². The van der Waals surface area contributed by atoms with Gasteiger partial charge in [-0.3, -0.25) is 0 Å². The predicted molar refractivity (Wildman–Crippen MR) is 177 cm³/mol. The Morgan fingerprint density at radius 1 is 0.455 bits per heavy atom. The molecule has 2 aliphatic carbocycles. The van der Waals surface area contributed by atoms with E-state index in [-0.39, 0.29) is 11.8 Å². The molecule has 2 aromatic rings. The number of nitrogens with zero attached hydrogens (tertiary/aromatic N) is 4. The zero-order valence-corrected chi connectivity index (χ0v) is 27.9. The minimum atomic E-state index is -0.871. The first-order valence-corrected chi connectivity index (χ1v) is 16.6. The van der Waals surface area contributed by atoms with Gasteiger partial charge in [-0.25, -0.2) is 0 Å². The molecule has 4 nitrogen and oxygen atoms in total. The molecule has 0 spiro atoms. The highest BCUT2D eigenvalue weighted by molar-refractivity contribution is 5.27. The second-order valence-electron chi connectivity index (χ2n) is 15.5. The number of hydrogen-bond acceptors (Lipinski definition) is 4. The fourth-order valence-corrected chi connectivity index (χ4v) is 7.60. The van der Waals surface area contributed by atoms with E-state index in [1.165, 1.54) is 0 Å². The van der Waals surface area contributed by atoms with E-state index in [2.05, 4.69) is 65.8 Å². The summed E-state index contributed by atoms with van der Waals surface area (Å²) in [4.78, 5) is 0. The van der Waals surface area contributed by atoms with Crippen LogP contribution in [0, 0.1) is 90.7 Å². The summed E-state index contributed by atoms with van der Waals surface area (Å²) in [6.45, 7) is 13.8. The van der Waals surface area contributed by atoms with E-state index < -0.39 is 10.8 Å². The van der Waals surface area contributed by atoms with Gasteiger partial charge in [-0.15, -0.1) is 0 Å². The SMILES string of the molecule is CC(C)(C)C1CCC(C(C#N)(C#N)Cc2ccccc2)CC1.CC(C)(C)C1CCC(C(C#N)(C#N)Cc2ccccc2)CC1. The Morgan fingerprint density at radius 2 is 0.705 bits per heavy atom. The largest absolute Gasteiger partial charge is 0.197 e. The van der Waals surface area contributed by atoms with Gasteiger partial charge in [-0.1, -0.05) is 102 Å². The summed E-state index contributed by atoms with van der Waals surface area (Å²) in [5, 5.41) is 39.0. The standard InChI is InChI=1S/2C20H26N2/c2*1-19(2,3)17-9-11-18(12-10-17)20(14-21,15-22)13-16-7-5-4-6-8-16/h2*4-8,17-18H,9-13H2,1-3H3. The first-order valence-electron chi connectivity index (χ1n) is 16.6. The molecule has 0 aliphatic heterocycles. The van der Waals surface area contributed by atoms with Crippen LogP contribution in [0.4, 0.5) is 0 Å². The molecule has 0 N–H and O–H groups in total. The van der Waals surface area contributed by atoms with Gasteiger partial charge >= 0.3 is 0 Å². The normalized spacial score (nSPS) is 22.6. The van der Waals surface area contributed by atoms with E-state index in [9.17, 15) is 21.0 Å². The zero-order chi connectivity index (χ0) is 32.4. The van der Waals surface area contributed by atoms with Gasteiger partial charge in [0, 0.05) is 12.8 Å². The van der Waals surface area contributed by atoms with Crippen LogP contribution in [-0.2, 0) is 12.8 Å². The van der Waals surface area contributed by atoms with Crippen LogP contribution < -0.4 is 0 Å². The van der Waals surface area contributed by atoms with E-state index in [4.69, 9.17) is 0 Å². The molecule has 4 heteroatoms. The van der Waals surface area contributed by atoms with Gasteiger partial charge in [-0.2, -0.15) is 21.0 Å². The molecule has 0 amide bonds. The predicted octanol–water partition coefficient (Wildman–Crippen LogP) is 10.2. The van der Waals surface area contributed by atoms with Crippen LogP contribution in [0.15, 0.2) is 60.7 Å². The minimum Gasteiger partial charge on any atom is -0.197 e. The van der Waals surface area contributed by atoms with Crippen molar-refractivity contribution in [2.75, 3.05) is 0 Å². The fourth-order valence-electron chi connectivity index (χ4n) is 7.60. The lowest BCUT2D eigenvalue weighted by Gasteiger charge is -2.40. The van der Waals surface area contributed by atoms with Crippen molar-refractivity contribution in [2.45, 2.75) is 106 Å². The summed E-state index contributed by atoms with van der Waals surface area (Å²) >= 11 is 0. The van der Waals surface area contributed by atoms with Gasteiger partial charge < -0.3 is 0 Å². The molecule has 2 saturated carbocycles. The molecular weight excluding hydrogens is 536 g/mol. The van der Waals surface area contributed by atoms with Crippen LogP contribution in [0.5, 0.6) is 0 Å². The van der Waals surface area contributed by atoms with Crippen molar-refractivity contribution in [3.63, 3.8) is 0 Å². The Hall–Kier alpha value is -3.60. The van der Waals surface area contributed by atoms with Crippen molar-refractivity contribution in [2.24, 2.45) is 45.3 Å².